The quantitative estimate of drug-likeness (QED) is 0.141. The van der Waals surface area contributed by atoms with Crippen LogP contribution in [0.15, 0.2) is 211 Å². The van der Waals surface area contributed by atoms with Gasteiger partial charge in [0.05, 0.1) is 11.3 Å². The smallest absolute Gasteiger partial charge is 0.135 e. The van der Waals surface area contributed by atoms with Crippen molar-refractivity contribution in [2.75, 3.05) is 0 Å². The van der Waals surface area contributed by atoms with Crippen molar-refractivity contribution in [3.8, 4) is 89.1 Å². The van der Waals surface area contributed by atoms with Crippen LogP contribution in [0.2, 0.25) is 0 Å². The van der Waals surface area contributed by atoms with Gasteiger partial charge in [-0.3, -0.25) is 19.9 Å². The summed E-state index contributed by atoms with van der Waals surface area (Å²) in [4.78, 5) is 25.8. The zero-order chi connectivity index (χ0) is 57.9. The van der Waals surface area contributed by atoms with Gasteiger partial charge in [0.25, 0.3) is 0 Å². The molecule has 0 amide bonds. The molecule has 0 saturated carbocycles. The summed E-state index contributed by atoms with van der Waals surface area (Å²) < 4.78 is 10.5. The molecule has 15 rings (SSSR count). The Bertz CT molecular complexity index is 4990. The van der Waals surface area contributed by atoms with E-state index in [0.29, 0.717) is 0 Å². The van der Waals surface area contributed by atoms with Crippen molar-refractivity contribution >= 4 is 55.0 Å². The summed E-state index contributed by atoms with van der Waals surface area (Å²) >= 11 is 0. The molecule has 0 aliphatic rings. The van der Waals surface area contributed by atoms with Gasteiger partial charge in [-0.2, -0.15) is 0 Å². The molecule has 9 aromatic carbocycles. The molecule has 15 aromatic rings. The van der Waals surface area contributed by atoms with Crippen molar-refractivity contribution in [3.63, 3.8) is 0 Å². The second kappa shape index (κ2) is 21.7. The summed E-state index contributed by atoms with van der Waals surface area (Å²) in [6.45, 7) is 17.3. The number of nitrogens with zero attached hydrogens (tertiary/aromatic N) is 7. The maximum absolute atomic E-state index is 6.27. The number of hydrogen-bond acceptors (Lipinski definition) is 6. The van der Waals surface area contributed by atoms with Gasteiger partial charge in [-0.15, -0.1) is 71.8 Å². The van der Waals surface area contributed by atoms with Crippen molar-refractivity contribution in [1.82, 2.24) is 33.7 Å². The van der Waals surface area contributed by atoms with Crippen LogP contribution in [0.4, 0.5) is 0 Å². The maximum Gasteiger partial charge on any atom is 0.135 e. The number of rotatable bonds is 8. The molecule has 6 heterocycles. The van der Waals surface area contributed by atoms with E-state index in [1.165, 1.54) is 0 Å². The van der Waals surface area contributed by atoms with Crippen LogP contribution in [0.1, 0.15) is 64.6 Å². The number of pyridine rings is 1. The Kier molecular flexibility index (Phi) is 14.1. The summed E-state index contributed by atoms with van der Waals surface area (Å²) in [6.07, 6.45) is 6.15. The SMILES string of the molecule is Cc1cn2c(C(C)(C)C)nc3cc(-c4ccccc4-c4cc(-c5ccccc5-c5ccc(-c6[c-]ccc(-c7ccc8c(c7)oc7ccccc78)c6)nc5)cc(-c5ccccc5-c5c[c-]c6c(c5)nc(C(C)(C)C)n5cc(C)nc65)c4)c[c-]c3c2n1.[CH3-].[Ir]. The van der Waals surface area contributed by atoms with Gasteiger partial charge in [-0.1, -0.05) is 184 Å². The third kappa shape index (κ3) is 10.0. The molecule has 427 valence electrons. The minimum Gasteiger partial charge on any atom is -0.456 e. The number of fused-ring (bicyclic) bond motifs is 9. The molecular formula is C78H61IrN7O-4. The van der Waals surface area contributed by atoms with E-state index in [-0.39, 0.29) is 38.4 Å². The van der Waals surface area contributed by atoms with E-state index in [9.17, 15) is 0 Å². The monoisotopic (exact) mass is 1300 g/mol. The molecule has 6 aromatic heterocycles. The number of aryl methyl sites for hydroxylation is 2. The van der Waals surface area contributed by atoms with Crippen LogP contribution in [0, 0.1) is 39.5 Å². The van der Waals surface area contributed by atoms with Gasteiger partial charge in [0.1, 0.15) is 22.8 Å². The van der Waals surface area contributed by atoms with Gasteiger partial charge in [0.2, 0.25) is 0 Å². The Hall–Kier alpha value is -9.66. The molecule has 0 bridgehead atoms. The normalized spacial score (nSPS) is 12.0. The van der Waals surface area contributed by atoms with Crippen LogP contribution in [-0.4, -0.2) is 33.7 Å². The zero-order valence-electron chi connectivity index (χ0n) is 50.0. The Morgan fingerprint density at radius 3 is 1.36 bits per heavy atom. The number of imidazole rings is 2. The van der Waals surface area contributed by atoms with E-state index >= 15 is 0 Å². The standard InChI is InChI=1S/C77H58N7O.CH3.Ir/c1-46-44-83-72(79-46)65-33-29-50(40-68(65)81-74(83)76(3,4)5)57-20-9-12-23-60(57)54-37-55(61-24-13-10-21-58(61)51-30-34-66-69(41-51)82-75(77(6,7)8)84-45-47(2)80-73(66)84)39-56(38-54)62-25-14-11-22-59(62)53-31-35-67(78-43-53)52-19-17-18-48(36-52)49-28-32-64-63-26-15-16-27-70(63)85-71(64)42-49;;/h9-18,20-32,35-45H,1-8H3;1H3;/q-3;-1;. The van der Waals surface area contributed by atoms with Gasteiger partial charge in [0, 0.05) is 71.7 Å². The summed E-state index contributed by atoms with van der Waals surface area (Å²) in [7, 11) is 0. The van der Waals surface area contributed by atoms with Gasteiger partial charge in [-0.25, -0.2) is 0 Å². The molecular weight excluding hydrogens is 1240 g/mol. The fraction of sp³-hybridized carbons (Fsp3) is 0.128. The summed E-state index contributed by atoms with van der Waals surface area (Å²) in [5, 5.41) is 4.01. The molecule has 0 unspecified atom stereocenters. The minimum atomic E-state index is -0.226. The van der Waals surface area contributed by atoms with Gasteiger partial charge in [-0.05, 0) is 117 Å². The zero-order valence-corrected chi connectivity index (χ0v) is 52.4. The van der Waals surface area contributed by atoms with Crippen LogP contribution in [0.25, 0.3) is 144 Å². The second-order valence-electron chi connectivity index (χ2n) is 24.5. The van der Waals surface area contributed by atoms with Crippen LogP contribution in [0.3, 0.4) is 0 Å². The largest absolute Gasteiger partial charge is 0.456 e. The molecule has 0 fully saturated rings. The molecule has 0 spiro atoms. The average Bonchev–Trinajstić information content (AvgIpc) is 2.16. The van der Waals surface area contributed by atoms with Crippen molar-refractivity contribution < 1.29 is 24.5 Å². The molecule has 9 heteroatoms. The topological polar surface area (TPSA) is 86.4 Å². The first-order valence-corrected chi connectivity index (χ1v) is 28.9. The van der Waals surface area contributed by atoms with Crippen LogP contribution >= 0.6 is 0 Å². The summed E-state index contributed by atoms with van der Waals surface area (Å²) in [5.74, 6) is 1.91. The summed E-state index contributed by atoms with van der Waals surface area (Å²) in [6, 6.07) is 77.6. The maximum atomic E-state index is 6.27. The van der Waals surface area contributed by atoms with Gasteiger partial charge < -0.3 is 25.6 Å². The first-order valence-electron chi connectivity index (χ1n) is 28.9. The minimum absolute atomic E-state index is 0. The molecule has 8 nitrogen and oxygen atoms in total. The predicted molar refractivity (Wildman–Crippen MR) is 353 cm³/mol. The van der Waals surface area contributed by atoms with Crippen molar-refractivity contribution in [2.45, 2.75) is 66.2 Å². The number of para-hydroxylation sites is 1. The number of aromatic nitrogens is 7. The third-order valence-electron chi connectivity index (χ3n) is 16.3. The van der Waals surface area contributed by atoms with Crippen LogP contribution < -0.4 is 0 Å². The van der Waals surface area contributed by atoms with Crippen molar-refractivity contribution in [2.24, 2.45) is 0 Å². The first-order chi connectivity index (χ1) is 41.2. The predicted octanol–water partition coefficient (Wildman–Crippen LogP) is 19.8. The Labute approximate surface area is 520 Å². The van der Waals surface area contributed by atoms with E-state index < -0.39 is 0 Å². The van der Waals surface area contributed by atoms with E-state index in [2.05, 4.69) is 251 Å². The molecule has 1 radical (unpaired) electrons. The van der Waals surface area contributed by atoms with E-state index in [0.717, 1.165) is 167 Å². The molecule has 87 heavy (non-hydrogen) atoms. The number of benzene rings is 9. The molecule has 0 N–H and O–H groups in total. The average molecular weight is 1300 g/mol. The number of hydrogen-bond donors (Lipinski definition) is 0. The second-order valence-corrected chi connectivity index (χ2v) is 24.5. The molecule has 0 aliphatic heterocycles. The Balaban J connectivity index is 0.00000350. The van der Waals surface area contributed by atoms with Gasteiger partial charge in [0.15, 0.2) is 0 Å². The van der Waals surface area contributed by atoms with E-state index in [1.54, 1.807) is 0 Å². The van der Waals surface area contributed by atoms with Crippen molar-refractivity contribution in [3.05, 3.63) is 255 Å². The Morgan fingerprint density at radius 1 is 0.414 bits per heavy atom. The summed E-state index contributed by atoms with van der Waals surface area (Å²) in [5.41, 5.74) is 23.2. The Morgan fingerprint density at radius 2 is 0.862 bits per heavy atom. The van der Waals surface area contributed by atoms with Gasteiger partial charge >= 0.3 is 0 Å². The molecule has 0 aliphatic carbocycles. The van der Waals surface area contributed by atoms with Crippen molar-refractivity contribution in [1.29, 1.82) is 0 Å². The van der Waals surface area contributed by atoms with E-state index in [1.807, 2.05) is 38.2 Å². The molecule has 0 atom stereocenters. The first kappa shape index (κ1) is 56.5. The number of furan rings is 1. The molecule has 0 saturated heterocycles. The fourth-order valence-electron chi connectivity index (χ4n) is 12.3. The third-order valence-corrected chi connectivity index (χ3v) is 16.3. The van der Waals surface area contributed by atoms with Crippen LogP contribution in [0.5, 0.6) is 0 Å². The van der Waals surface area contributed by atoms with E-state index in [4.69, 9.17) is 29.3 Å². The van der Waals surface area contributed by atoms with Crippen LogP contribution in [-0.2, 0) is 30.9 Å². The fourth-order valence-corrected chi connectivity index (χ4v) is 12.3.